The van der Waals surface area contributed by atoms with Crippen molar-refractivity contribution in [3.8, 4) is 17.2 Å². The quantitative estimate of drug-likeness (QED) is 0.644. The Morgan fingerprint density at radius 2 is 1.84 bits per heavy atom. The highest BCUT2D eigenvalue weighted by atomic mass is 16.5. The third-order valence-corrected chi connectivity index (χ3v) is 4.38. The zero-order valence-corrected chi connectivity index (χ0v) is 15.5. The number of benzene rings is 1. The van der Waals surface area contributed by atoms with Crippen molar-refractivity contribution in [2.24, 2.45) is 0 Å². The van der Waals surface area contributed by atoms with E-state index in [1.807, 2.05) is 18.2 Å². The molecule has 0 aliphatic rings. The number of hydrogen-bond donors (Lipinski definition) is 1. The third-order valence-electron chi connectivity index (χ3n) is 4.38. The lowest BCUT2D eigenvalue weighted by atomic mass is 10.1. The second-order valence-corrected chi connectivity index (χ2v) is 6.28. The highest BCUT2D eigenvalue weighted by molar-refractivity contribution is 5.88. The first-order chi connectivity index (χ1) is 12.1. The Bertz CT molecular complexity index is 751. The van der Waals surface area contributed by atoms with Gasteiger partial charge < -0.3 is 19.1 Å². The van der Waals surface area contributed by atoms with E-state index in [1.165, 1.54) is 0 Å². The number of ether oxygens (including phenoxy) is 2. The summed E-state index contributed by atoms with van der Waals surface area (Å²) in [4.78, 5) is 12.6. The average molecular weight is 347 g/mol. The van der Waals surface area contributed by atoms with Crippen LogP contribution in [-0.2, 0) is 6.54 Å². The molecule has 5 heteroatoms. The minimum atomic E-state index is -0.405. The van der Waals surface area contributed by atoms with E-state index in [9.17, 15) is 9.90 Å². The second kappa shape index (κ2) is 9.35. The topological polar surface area (TPSA) is 60.7 Å². The van der Waals surface area contributed by atoms with Crippen molar-refractivity contribution in [2.45, 2.75) is 58.9 Å². The van der Waals surface area contributed by atoms with Crippen LogP contribution in [0.15, 0.2) is 23.0 Å². The molecule has 0 spiro atoms. The van der Waals surface area contributed by atoms with Gasteiger partial charge in [-0.25, -0.2) is 0 Å². The normalized spacial score (nSPS) is 11.0. The summed E-state index contributed by atoms with van der Waals surface area (Å²) in [5.74, 6) is 0.660. The summed E-state index contributed by atoms with van der Waals surface area (Å²) in [6, 6.07) is 5.49. The Morgan fingerprint density at radius 1 is 1.08 bits per heavy atom. The lowest BCUT2D eigenvalue weighted by molar-refractivity contribution is 0.290. The van der Waals surface area contributed by atoms with Crippen molar-refractivity contribution in [1.29, 1.82) is 0 Å². The molecule has 0 radical (unpaired) electrons. The van der Waals surface area contributed by atoms with Crippen LogP contribution in [0.25, 0.3) is 10.9 Å². The minimum Gasteiger partial charge on any atom is -0.500 e. The van der Waals surface area contributed by atoms with Gasteiger partial charge in [0.15, 0.2) is 5.75 Å². The molecule has 1 aromatic carbocycles. The van der Waals surface area contributed by atoms with Gasteiger partial charge in [0.25, 0.3) is 5.56 Å². The first-order valence-corrected chi connectivity index (χ1v) is 9.20. The fraction of sp³-hybridized carbons (Fsp3) is 0.550. The van der Waals surface area contributed by atoms with Gasteiger partial charge >= 0.3 is 0 Å². The van der Waals surface area contributed by atoms with E-state index in [2.05, 4.69) is 13.8 Å². The Kier molecular flexibility index (Phi) is 7.16. The molecule has 0 amide bonds. The number of hydrogen-bond acceptors (Lipinski definition) is 4. The van der Waals surface area contributed by atoms with Gasteiger partial charge in [0.1, 0.15) is 5.75 Å². The van der Waals surface area contributed by atoms with Crippen molar-refractivity contribution in [1.82, 2.24) is 4.57 Å². The van der Waals surface area contributed by atoms with E-state index in [-0.39, 0.29) is 11.5 Å². The number of rotatable bonds is 10. The van der Waals surface area contributed by atoms with Crippen molar-refractivity contribution in [2.75, 3.05) is 13.7 Å². The predicted molar refractivity (Wildman–Crippen MR) is 101 cm³/mol. The second-order valence-electron chi connectivity index (χ2n) is 6.28. The Labute approximate surface area is 149 Å². The molecule has 0 atom stereocenters. The van der Waals surface area contributed by atoms with Crippen LogP contribution in [0.3, 0.4) is 0 Å². The number of fused-ring (bicyclic) bond motifs is 1. The fourth-order valence-electron chi connectivity index (χ4n) is 2.90. The molecular weight excluding hydrogens is 318 g/mol. The van der Waals surface area contributed by atoms with Crippen LogP contribution in [0, 0.1) is 0 Å². The monoisotopic (exact) mass is 347 g/mol. The van der Waals surface area contributed by atoms with Crippen LogP contribution in [0.5, 0.6) is 17.2 Å². The number of aryl methyl sites for hydroxylation is 1. The van der Waals surface area contributed by atoms with Crippen molar-refractivity contribution in [3.63, 3.8) is 0 Å². The molecule has 0 fully saturated rings. The molecule has 1 heterocycles. The summed E-state index contributed by atoms with van der Waals surface area (Å²) in [7, 11) is 1.60. The number of nitrogens with zero attached hydrogens (tertiary/aromatic N) is 1. The standard InChI is InChI=1S/C20H29NO4/c1-4-6-8-9-13-25-19-16-11-10-15(24-3)14-17(16)21(12-7-5-2)20(23)18(19)22/h10-11,14,22H,4-9,12-13H2,1-3H3. The first kappa shape index (κ1) is 19.2. The molecule has 5 nitrogen and oxygen atoms in total. The summed E-state index contributed by atoms with van der Waals surface area (Å²) in [5, 5.41) is 11.2. The molecule has 1 N–H and O–H groups in total. The molecule has 138 valence electrons. The highest BCUT2D eigenvalue weighted by Crippen LogP contribution is 2.34. The predicted octanol–water partition coefficient (Wildman–Crippen LogP) is 4.47. The smallest absolute Gasteiger partial charge is 0.297 e. The lowest BCUT2D eigenvalue weighted by Crippen LogP contribution is -2.21. The number of aromatic nitrogens is 1. The summed E-state index contributed by atoms with van der Waals surface area (Å²) < 4.78 is 12.7. The molecule has 2 rings (SSSR count). The Balaban J connectivity index is 2.43. The van der Waals surface area contributed by atoms with E-state index in [4.69, 9.17) is 9.47 Å². The van der Waals surface area contributed by atoms with Crippen LogP contribution < -0.4 is 15.0 Å². The van der Waals surface area contributed by atoms with Crippen molar-refractivity contribution >= 4 is 10.9 Å². The number of aromatic hydroxyl groups is 1. The Morgan fingerprint density at radius 3 is 2.52 bits per heavy atom. The highest BCUT2D eigenvalue weighted by Gasteiger charge is 2.18. The molecular formula is C20H29NO4. The molecule has 0 bridgehead atoms. The van der Waals surface area contributed by atoms with E-state index in [0.717, 1.165) is 49.4 Å². The Hall–Kier alpha value is -2.17. The number of pyridine rings is 1. The van der Waals surface area contributed by atoms with Gasteiger partial charge in [-0.15, -0.1) is 0 Å². The van der Waals surface area contributed by atoms with E-state index in [1.54, 1.807) is 11.7 Å². The molecule has 25 heavy (non-hydrogen) atoms. The summed E-state index contributed by atoms with van der Waals surface area (Å²) in [6.07, 6.45) is 6.13. The molecule has 2 aromatic rings. The van der Waals surface area contributed by atoms with Crippen LogP contribution in [0.1, 0.15) is 52.4 Å². The maximum atomic E-state index is 12.6. The number of methoxy groups -OCH3 is 1. The average Bonchev–Trinajstić information content (AvgIpc) is 2.63. The molecule has 0 aliphatic carbocycles. The summed E-state index contributed by atoms with van der Waals surface area (Å²) >= 11 is 0. The maximum absolute atomic E-state index is 12.6. The van der Waals surface area contributed by atoms with E-state index < -0.39 is 5.56 Å². The van der Waals surface area contributed by atoms with Gasteiger partial charge in [0.2, 0.25) is 5.75 Å². The van der Waals surface area contributed by atoms with Gasteiger partial charge in [-0.2, -0.15) is 0 Å². The zero-order chi connectivity index (χ0) is 18.2. The molecule has 1 aromatic heterocycles. The summed E-state index contributed by atoms with van der Waals surface area (Å²) in [6.45, 7) is 5.28. The van der Waals surface area contributed by atoms with E-state index >= 15 is 0 Å². The molecule has 0 saturated carbocycles. The molecule has 0 aliphatic heterocycles. The van der Waals surface area contributed by atoms with Crippen LogP contribution in [0.2, 0.25) is 0 Å². The third kappa shape index (κ3) is 4.47. The van der Waals surface area contributed by atoms with Gasteiger partial charge in [0, 0.05) is 18.0 Å². The first-order valence-electron chi connectivity index (χ1n) is 9.20. The largest absolute Gasteiger partial charge is 0.500 e. The number of unbranched alkanes of at least 4 members (excludes halogenated alkanes) is 4. The minimum absolute atomic E-state index is 0.284. The van der Waals surface area contributed by atoms with Crippen LogP contribution in [0.4, 0.5) is 0 Å². The van der Waals surface area contributed by atoms with Gasteiger partial charge in [-0.1, -0.05) is 39.5 Å². The maximum Gasteiger partial charge on any atom is 0.297 e. The molecule has 0 unspecified atom stereocenters. The summed E-state index contributed by atoms with van der Waals surface area (Å²) in [5.41, 5.74) is 0.330. The van der Waals surface area contributed by atoms with Crippen LogP contribution in [-0.4, -0.2) is 23.4 Å². The van der Waals surface area contributed by atoms with Gasteiger partial charge in [-0.05, 0) is 25.0 Å². The molecule has 0 saturated heterocycles. The van der Waals surface area contributed by atoms with Gasteiger partial charge in [-0.3, -0.25) is 4.79 Å². The van der Waals surface area contributed by atoms with Crippen molar-refractivity contribution in [3.05, 3.63) is 28.6 Å². The van der Waals surface area contributed by atoms with Gasteiger partial charge in [0.05, 0.1) is 19.2 Å². The zero-order valence-electron chi connectivity index (χ0n) is 15.5. The lowest BCUT2D eigenvalue weighted by Gasteiger charge is -2.16. The van der Waals surface area contributed by atoms with E-state index in [0.29, 0.717) is 18.9 Å². The fourth-order valence-corrected chi connectivity index (χ4v) is 2.90. The van der Waals surface area contributed by atoms with Crippen LogP contribution >= 0.6 is 0 Å². The van der Waals surface area contributed by atoms with Crippen molar-refractivity contribution < 1.29 is 14.6 Å². The SMILES string of the molecule is CCCCCCOc1c(O)c(=O)n(CCCC)c2cc(OC)ccc12.